The number of piperidine rings is 1. The molecule has 4 rings (SSSR count). The average Bonchev–Trinajstić information content (AvgIpc) is 3.18. The number of rotatable bonds is 4. The van der Waals surface area contributed by atoms with Crippen LogP contribution >= 0.6 is 0 Å². The molecular weight excluding hydrogens is 276 g/mol. The van der Waals surface area contributed by atoms with Gasteiger partial charge in [0.25, 0.3) is 0 Å². The first-order valence-corrected chi connectivity index (χ1v) is 8.38. The molecule has 2 aliphatic heterocycles. The molecule has 1 unspecified atom stereocenters. The number of fused-ring (bicyclic) bond motifs is 1. The van der Waals surface area contributed by atoms with Crippen molar-refractivity contribution in [1.29, 1.82) is 0 Å². The Kier molecular flexibility index (Phi) is 3.99. The second kappa shape index (κ2) is 6.26. The molecule has 118 valence electrons. The van der Waals surface area contributed by atoms with Gasteiger partial charge in [-0.15, -0.1) is 0 Å². The minimum atomic E-state index is 0.525. The summed E-state index contributed by atoms with van der Waals surface area (Å²) < 4.78 is 5.48. The lowest BCUT2D eigenvalue weighted by atomic mass is 10.0. The van der Waals surface area contributed by atoms with Crippen LogP contribution in [0.3, 0.4) is 0 Å². The Morgan fingerprint density at radius 1 is 1.23 bits per heavy atom. The van der Waals surface area contributed by atoms with Crippen molar-refractivity contribution in [2.75, 3.05) is 38.2 Å². The van der Waals surface area contributed by atoms with E-state index in [2.05, 4.69) is 26.3 Å². The summed E-state index contributed by atoms with van der Waals surface area (Å²) in [6.45, 7) is 5.46. The number of hydrogen-bond acceptors (Lipinski definition) is 4. The van der Waals surface area contributed by atoms with Crippen molar-refractivity contribution in [3.8, 4) is 0 Å². The van der Waals surface area contributed by atoms with E-state index in [-0.39, 0.29) is 0 Å². The number of hydrogen-bond donors (Lipinski definition) is 2. The van der Waals surface area contributed by atoms with Crippen LogP contribution in [0.1, 0.15) is 19.3 Å². The standard InChI is InChI=1S/C17H24N4O/c1-2-4-16-15(3-1)19-17(20-16)18-14-5-8-21(9-6-14)11-13-7-10-22-12-13/h1-4,13-14H,5-12H2,(H2,18,19,20). The maximum absolute atomic E-state index is 5.48. The lowest BCUT2D eigenvalue weighted by Crippen LogP contribution is -2.41. The topological polar surface area (TPSA) is 53.2 Å². The Morgan fingerprint density at radius 3 is 2.86 bits per heavy atom. The Bertz CT molecular complexity index is 579. The van der Waals surface area contributed by atoms with Crippen LogP contribution < -0.4 is 5.32 Å². The van der Waals surface area contributed by atoms with E-state index in [1.807, 2.05) is 18.2 Å². The largest absolute Gasteiger partial charge is 0.381 e. The molecule has 5 nitrogen and oxygen atoms in total. The van der Waals surface area contributed by atoms with Gasteiger partial charge in [0.05, 0.1) is 17.6 Å². The predicted molar refractivity (Wildman–Crippen MR) is 88.1 cm³/mol. The fourth-order valence-corrected chi connectivity index (χ4v) is 3.57. The lowest BCUT2D eigenvalue weighted by molar-refractivity contribution is 0.154. The highest BCUT2D eigenvalue weighted by Gasteiger charge is 2.24. The van der Waals surface area contributed by atoms with Crippen LogP contribution in [-0.2, 0) is 4.74 Å². The number of likely N-dealkylation sites (tertiary alicyclic amines) is 1. The summed E-state index contributed by atoms with van der Waals surface area (Å²) in [6.07, 6.45) is 3.60. The highest BCUT2D eigenvalue weighted by molar-refractivity contribution is 5.77. The van der Waals surface area contributed by atoms with Crippen LogP contribution in [0.15, 0.2) is 24.3 Å². The average molecular weight is 300 g/mol. The Balaban J connectivity index is 1.29. The van der Waals surface area contributed by atoms with E-state index in [0.29, 0.717) is 6.04 Å². The Hall–Kier alpha value is -1.59. The zero-order valence-electron chi connectivity index (χ0n) is 12.9. The second-order valence-electron chi connectivity index (χ2n) is 6.55. The van der Waals surface area contributed by atoms with Crippen molar-refractivity contribution in [3.05, 3.63) is 24.3 Å². The summed E-state index contributed by atoms with van der Waals surface area (Å²) >= 11 is 0. The number of para-hydroxylation sites is 2. The molecule has 0 bridgehead atoms. The maximum Gasteiger partial charge on any atom is 0.201 e. The van der Waals surface area contributed by atoms with Crippen LogP contribution in [0.2, 0.25) is 0 Å². The first-order valence-electron chi connectivity index (χ1n) is 8.38. The molecule has 22 heavy (non-hydrogen) atoms. The molecule has 2 saturated heterocycles. The normalized spacial score (nSPS) is 24.1. The zero-order chi connectivity index (χ0) is 14.8. The van der Waals surface area contributed by atoms with E-state index in [1.165, 1.54) is 38.9 Å². The summed E-state index contributed by atoms with van der Waals surface area (Å²) in [5.41, 5.74) is 2.13. The van der Waals surface area contributed by atoms with Gasteiger partial charge in [0.1, 0.15) is 0 Å². The van der Waals surface area contributed by atoms with Crippen molar-refractivity contribution in [1.82, 2.24) is 14.9 Å². The van der Waals surface area contributed by atoms with Gasteiger partial charge in [0.15, 0.2) is 0 Å². The second-order valence-corrected chi connectivity index (χ2v) is 6.55. The van der Waals surface area contributed by atoms with E-state index < -0.39 is 0 Å². The number of H-pyrrole nitrogens is 1. The Morgan fingerprint density at radius 2 is 2.09 bits per heavy atom. The summed E-state index contributed by atoms with van der Waals surface area (Å²) in [5, 5.41) is 3.57. The minimum absolute atomic E-state index is 0.525. The van der Waals surface area contributed by atoms with Gasteiger partial charge in [-0.2, -0.15) is 0 Å². The quantitative estimate of drug-likeness (QED) is 0.911. The zero-order valence-corrected chi connectivity index (χ0v) is 12.9. The van der Waals surface area contributed by atoms with Gasteiger partial charge in [-0.25, -0.2) is 4.98 Å². The SMILES string of the molecule is c1ccc2[nH]c(NC3CCN(CC4CCOC4)CC3)nc2c1. The molecule has 3 heterocycles. The number of benzene rings is 1. The van der Waals surface area contributed by atoms with Gasteiger partial charge in [-0.1, -0.05) is 12.1 Å². The van der Waals surface area contributed by atoms with Crippen molar-refractivity contribution in [3.63, 3.8) is 0 Å². The fourth-order valence-electron chi connectivity index (χ4n) is 3.57. The summed E-state index contributed by atoms with van der Waals surface area (Å²) in [5.74, 6) is 1.66. The van der Waals surface area contributed by atoms with Gasteiger partial charge in [-0.05, 0) is 37.3 Å². The number of nitrogens with zero attached hydrogens (tertiary/aromatic N) is 2. The third kappa shape index (κ3) is 3.10. The van der Waals surface area contributed by atoms with Crippen molar-refractivity contribution in [2.24, 2.45) is 5.92 Å². The molecule has 1 aromatic carbocycles. The number of imidazole rings is 1. The van der Waals surface area contributed by atoms with Crippen molar-refractivity contribution in [2.45, 2.75) is 25.3 Å². The molecule has 0 spiro atoms. The molecular formula is C17H24N4O. The molecule has 1 aromatic heterocycles. The number of anilines is 1. The van der Waals surface area contributed by atoms with Gasteiger partial charge < -0.3 is 19.9 Å². The van der Waals surface area contributed by atoms with Crippen LogP contribution in [0.25, 0.3) is 11.0 Å². The van der Waals surface area contributed by atoms with Gasteiger partial charge in [0, 0.05) is 32.3 Å². The lowest BCUT2D eigenvalue weighted by Gasteiger charge is -2.33. The van der Waals surface area contributed by atoms with E-state index in [1.54, 1.807) is 0 Å². The smallest absolute Gasteiger partial charge is 0.201 e. The Labute approximate surface area is 131 Å². The third-order valence-electron chi connectivity index (χ3n) is 4.86. The number of aromatic amines is 1. The summed E-state index contributed by atoms with van der Waals surface area (Å²) in [7, 11) is 0. The van der Waals surface area contributed by atoms with E-state index >= 15 is 0 Å². The van der Waals surface area contributed by atoms with E-state index in [0.717, 1.165) is 36.1 Å². The molecule has 0 saturated carbocycles. The van der Waals surface area contributed by atoms with Gasteiger partial charge >= 0.3 is 0 Å². The maximum atomic E-state index is 5.48. The number of aromatic nitrogens is 2. The first-order chi connectivity index (χ1) is 10.9. The molecule has 5 heteroatoms. The third-order valence-corrected chi connectivity index (χ3v) is 4.86. The van der Waals surface area contributed by atoms with Crippen LogP contribution in [-0.4, -0.2) is 53.8 Å². The molecule has 0 amide bonds. The van der Waals surface area contributed by atoms with E-state index in [9.17, 15) is 0 Å². The fraction of sp³-hybridized carbons (Fsp3) is 0.588. The van der Waals surface area contributed by atoms with Gasteiger partial charge in [0.2, 0.25) is 5.95 Å². The number of nitrogens with one attached hydrogen (secondary N) is 2. The molecule has 0 radical (unpaired) electrons. The first kappa shape index (κ1) is 14.0. The summed E-state index contributed by atoms with van der Waals surface area (Å²) in [4.78, 5) is 10.6. The van der Waals surface area contributed by atoms with Crippen LogP contribution in [0.5, 0.6) is 0 Å². The molecule has 1 atom stereocenters. The monoisotopic (exact) mass is 300 g/mol. The molecule has 0 aliphatic carbocycles. The molecule has 2 aliphatic rings. The highest BCUT2D eigenvalue weighted by Crippen LogP contribution is 2.20. The van der Waals surface area contributed by atoms with Crippen LogP contribution in [0.4, 0.5) is 5.95 Å². The minimum Gasteiger partial charge on any atom is -0.381 e. The van der Waals surface area contributed by atoms with Crippen molar-refractivity contribution < 1.29 is 4.74 Å². The van der Waals surface area contributed by atoms with E-state index in [4.69, 9.17) is 4.74 Å². The molecule has 2 aromatic rings. The molecule has 2 fully saturated rings. The number of ether oxygens (including phenoxy) is 1. The predicted octanol–water partition coefficient (Wildman–Crippen LogP) is 2.48. The van der Waals surface area contributed by atoms with Crippen LogP contribution in [0, 0.1) is 5.92 Å². The van der Waals surface area contributed by atoms with Gasteiger partial charge in [-0.3, -0.25) is 0 Å². The summed E-state index contributed by atoms with van der Waals surface area (Å²) in [6, 6.07) is 8.70. The highest BCUT2D eigenvalue weighted by atomic mass is 16.5. The van der Waals surface area contributed by atoms with Crippen molar-refractivity contribution >= 4 is 17.0 Å². The molecule has 2 N–H and O–H groups in total.